The molecular formula is C11H16ClFN2O2. The molecule has 17 heavy (non-hydrogen) atoms. The number of halogens is 2. The fraction of sp³-hybridized carbons (Fsp3) is 0.455. The van der Waals surface area contributed by atoms with Crippen LogP contribution in [0.3, 0.4) is 0 Å². The number of nitrogens with one attached hydrogen (secondary N) is 1. The van der Waals surface area contributed by atoms with Gasteiger partial charge in [0.25, 0.3) is 0 Å². The predicted molar refractivity (Wildman–Crippen MR) is 65.3 cm³/mol. The smallest absolute Gasteiger partial charge is 0.146 e. The van der Waals surface area contributed by atoms with Gasteiger partial charge in [0.1, 0.15) is 11.9 Å². The van der Waals surface area contributed by atoms with Crippen LogP contribution in [-0.4, -0.2) is 29.9 Å². The van der Waals surface area contributed by atoms with Crippen molar-refractivity contribution in [2.45, 2.75) is 18.6 Å². The summed E-state index contributed by atoms with van der Waals surface area (Å²) in [5.41, 5.74) is 5.39. The number of benzene rings is 1. The van der Waals surface area contributed by atoms with Gasteiger partial charge >= 0.3 is 0 Å². The third-order valence-electron chi connectivity index (χ3n) is 2.49. The van der Waals surface area contributed by atoms with Crippen molar-refractivity contribution < 1.29 is 14.6 Å². The van der Waals surface area contributed by atoms with Gasteiger partial charge in [0.15, 0.2) is 0 Å². The van der Waals surface area contributed by atoms with Crippen LogP contribution >= 0.6 is 11.6 Å². The number of hydrogen-bond donors (Lipinski definition) is 4. The fourth-order valence-electron chi connectivity index (χ4n) is 1.46. The average molecular weight is 263 g/mol. The standard InChI is InChI=1S/C11H16ClFN2O2/c1-15-3-2-10(16)11(17)6-4-8(13)9(14)5-7(6)12/h4-5,10-11,15-17H,2-3,14H2,1H3. The molecule has 0 bridgehead atoms. The molecule has 0 aliphatic rings. The van der Waals surface area contributed by atoms with E-state index in [9.17, 15) is 14.6 Å². The van der Waals surface area contributed by atoms with Crippen molar-refractivity contribution in [1.82, 2.24) is 5.32 Å². The summed E-state index contributed by atoms with van der Waals surface area (Å²) in [5.74, 6) is -0.663. The highest BCUT2D eigenvalue weighted by Crippen LogP contribution is 2.29. The van der Waals surface area contributed by atoms with E-state index in [1.165, 1.54) is 6.07 Å². The van der Waals surface area contributed by atoms with Gasteiger partial charge in [-0.2, -0.15) is 0 Å². The summed E-state index contributed by atoms with van der Waals surface area (Å²) in [5, 5.41) is 22.5. The van der Waals surface area contributed by atoms with Gasteiger partial charge in [-0.25, -0.2) is 4.39 Å². The summed E-state index contributed by atoms with van der Waals surface area (Å²) in [6.07, 6.45) is -1.91. The van der Waals surface area contributed by atoms with Gasteiger partial charge in [-0.1, -0.05) is 11.6 Å². The number of hydrogen-bond acceptors (Lipinski definition) is 4. The van der Waals surface area contributed by atoms with Crippen molar-refractivity contribution >= 4 is 17.3 Å². The number of rotatable bonds is 5. The van der Waals surface area contributed by atoms with Gasteiger partial charge in [0.2, 0.25) is 0 Å². The molecule has 0 saturated heterocycles. The number of nitrogen functional groups attached to an aromatic ring is 1. The molecule has 1 aromatic rings. The summed E-state index contributed by atoms with van der Waals surface area (Å²) < 4.78 is 13.2. The maximum Gasteiger partial charge on any atom is 0.146 e. The van der Waals surface area contributed by atoms with Gasteiger partial charge in [0.05, 0.1) is 11.8 Å². The first-order chi connectivity index (χ1) is 7.97. The third-order valence-corrected chi connectivity index (χ3v) is 2.82. The summed E-state index contributed by atoms with van der Waals surface area (Å²) >= 11 is 5.84. The number of aliphatic hydroxyl groups is 2. The monoisotopic (exact) mass is 262 g/mol. The first-order valence-electron chi connectivity index (χ1n) is 5.22. The van der Waals surface area contributed by atoms with E-state index >= 15 is 0 Å². The highest BCUT2D eigenvalue weighted by molar-refractivity contribution is 6.31. The molecule has 96 valence electrons. The quantitative estimate of drug-likeness (QED) is 0.599. The molecule has 4 nitrogen and oxygen atoms in total. The van der Waals surface area contributed by atoms with Crippen LogP contribution in [0.5, 0.6) is 0 Å². The summed E-state index contributed by atoms with van der Waals surface area (Å²) in [7, 11) is 1.73. The first kappa shape index (κ1) is 14.2. The minimum absolute atomic E-state index is 0.0873. The average Bonchev–Trinajstić information content (AvgIpc) is 2.29. The van der Waals surface area contributed by atoms with E-state index in [0.717, 1.165) is 6.07 Å². The maximum atomic E-state index is 13.2. The lowest BCUT2D eigenvalue weighted by atomic mass is 10.0. The second-order valence-corrected chi connectivity index (χ2v) is 4.21. The molecule has 0 spiro atoms. The Balaban J connectivity index is 2.88. The molecule has 0 heterocycles. The lowest BCUT2D eigenvalue weighted by Gasteiger charge is -2.19. The molecule has 5 N–H and O–H groups in total. The zero-order valence-corrected chi connectivity index (χ0v) is 10.2. The first-order valence-corrected chi connectivity index (χ1v) is 5.60. The predicted octanol–water partition coefficient (Wildman–Crippen LogP) is 1.07. The van der Waals surface area contributed by atoms with Gasteiger partial charge in [-0.05, 0) is 32.1 Å². The van der Waals surface area contributed by atoms with Crippen molar-refractivity contribution in [3.05, 3.63) is 28.5 Å². The minimum Gasteiger partial charge on any atom is -0.396 e. The normalized spacial score (nSPS) is 14.6. The Kier molecular flexibility index (Phi) is 5.14. The molecule has 0 amide bonds. The Morgan fingerprint density at radius 3 is 2.71 bits per heavy atom. The Bertz CT molecular complexity index is 390. The van der Waals surface area contributed by atoms with Crippen LogP contribution in [0.1, 0.15) is 18.1 Å². The Hall–Kier alpha value is -0.880. The van der Waals surface area contributed by atoms with E-state index in [4.69, 9.17) is 17.3 Å². The van der Waals surface area contributed by atoms with E-state index in [0.29, 0.717) is 13.0 Å². The van der Waals surface area contributed by atoms with Crippen LogP contribution in [0.2, 0.25) is 5.02 Å². The molecule has 0 fully saturated rings. The number of aliphatic hydroxyl groups excluding tert-OH is 2. The van der Waals surface area contributed by atoms with Gasteiger partial charge in [-0.15, -0.1) is 0 Å². The van der Waals surface area contributed by atoms with Crippen molar-refractivity contribution in [1.29, 1.82) is 0 Å². The van der Waals surface area contributed by atoms with Crippen LogP contribution in [0.25, 0.3) is 0 Å². The van der Waals surface area contributed by atoms with E-state index < -0.39 is 18.0 Å². The van der Waals surface area contributed by atoms with Gasteiger partial charge < -0.3 is 21.3 Å². The van der Waals surface area contributed by atoms with E-state index in [1.54, 1.807) is 7.05 Å². The van der Waals surface area contributed by atoms with Gasteiger partial charge in [0, 0.05) is 10.6 Å². The molecule has 0 aliphatic heterocycles. The van der Waals surface area contributed by atoms with Crippen molar-refractivity contribution in [3.63, 3.8) is 0 Å². The maximum absolute atomic E-state index is 13.2. The highest BCUT2D eigenvalue weighted by Gasteiger charge is 2.21. The molecule has 0 saturated carbocycles. The third kappa shape index (κ3) is 3.54. The minimum atomic E-state index is -1.23. The lowest BCUT2D eigenvalue weighted by Crippen LogP contribution is -2.23. The van der Waals surface area contributed by atoms with E-state index in [-0.39, 0.29) is 16.3 Å². The van der Waals surface area contributed by atoms with Crippen LogP contribution < -0.4 is 11.1 Å². The number of anilines is 1. The Labute approximate surface area is 104 Å². The van der Waals surface area contributed by atoms with Crippen LogP contribution in [0, 0.1) is 5.82 Å². The molecule has 0 radical (unpaired) electrons. The molecule has 2 atom stereocenters. The van der Waals surface area contributed by atoms with Crippen molar-refractivity contribution in [2.24, 2.45) is 0 Å². The van der Waals surface area contributed by atoms with E-state index in [1.807, 2.05) is 0 Å². The Morgan fingerprint density at radius 1 is 1.47 bits per heavy atom. The summed E-state index contributed by atoms with van der Waals surface area (Å²) in [6.45, 7) is 0.535. The second kappa shape index (κ2) is 6.16. The lowest BCUT2D eigenvalue weighted by molar-refractivity contribution is 0.0139. The van der Waals surface area contributed by atoms with Crippen LogP contribution in [0.15, 0.2) is 12.1 Å². The molecule has 0 aliphatic carbocycles. The summed E-state index contributed by atoms with van der Waals surface area (Å²) in [4.78, 5) is 0. The van der Waals surface area contributed by atoms with Crippen molar-refractivity contribution in [3.8, 4) is 0 Å². The number of nitrogens with two attached hydrogens (primary N) is 1. The largest absolute Gasteiger partial charge is 0.396 e. The van der Waals surface area contributed by atoms with Crippen LogP contribution in [0.4, 0.5) is 10.1 Å². The SMILES string of the molecule is CNCCC(O)C(O)c1cc(F)c(N)cc1Cl. The molecule has 6 heteroatoms. The molecule has 1 aromatic carbocycles. The molecule has 1 rings (SSSR count). The molecule has 0 aromatic heterocycles. The zero-order valence-electron chi connectivity index (χ0n) is 9.45. The van der Waals surface area contributed by atoms with Gasteiger partial charge in [-0.3, -0.25) is 0 Å². The molecule has 2 unspecified atom stereocenters. The fourth-order valence-corrected chi connectivity index (χ4v) is 1.75. The Morgan fingerprint density at radius 2 is 2.12 bits per heavy atom. The summed E-state index contributed by atoms with van der Waals surface area (Å²) in [6, 6.07) is 2.27. The van der Waals surface area contributed by atoms with E-state index in [2.05, 4.69) is 5.32 Å². The zero-order chi connectivity index (χ0) is 13.0. The highest BCUT2D eigenvalue weighted by atomic mass is 35.5. The van der Waals surface area contributed by atoms with Crippen molar-refractivity contribution in [2.75, 3.05) is 19.3 Å². The topological polar surface area (TPSA) is 78.5 Å². The van der Waals surface area contributed by atoms with Crippen LogP contribution in [-0.2, 0) is 0 Å². The second-order valence-electron chi connectivity index (χ2n) is 3.80. The molecular weight excluding hydrogens is 247 g/mol.